The average molecular weight is 454 g/mol. The summed E-state index contributed by atoms with van der Waals surface area (Å²) in [6.45, 7) is 1.86. The van der Waals surface area contributed by atoms with Crippen LogP contribution in [-0.4, -0.2) is 50.8 Å². The molecule has 34 heavy (non-hydrogen) atoms. The van der Waals surface area contributed by atoms with Crippen LogP contribution < -0.4 is 16.0 Å². The highest BCUT2D eigenvalue weighted by atomic mass is 16.1. The summed E-state index contributed by atoms with van der Waals surface area (Å²) in [6.07, 6.45) is 5.15. The third-order valence-corrected chi connectivity index (χ3v) is 5.89. The molecule has 1 fully saturated rings. The van der Waals surface area contributed by atoms with Crippen molar-refractivity contribution in [2.45, 2.75) is 18.9 Å². The maximum absolute atomic E-state index is 12.7. The Hall–Kier alpha value is -4.36. The van der Waals surface area contributed by atoms with Crippen molar-refractivity contribution in [3.8, 4) is 17.3 Å². The number of piperidine rings is 1. The van der Waals surface area contributed by atoms with Gasteiger partial charge in [-0.15, -0.1) is 0 Å². The fourth-order valence-electron chi connectivity index (χ4n) is 4.20. The maximum atomic E-state index is 12.7. The zero-order valence-electron chi connectivity index (χ0n) is 18.6. The molecule has 0 saturated carbocycles. The van der Waals surface area contributed by atoms with Crippen LogP contribution in [0.15, 0.2) is 48.9 Å². The molecule has 3 N–H and O–H groups in total. The SMILES string of the molecule is CNc1ncnc2c1c(-c1ccc(C(=O)Nc3cc(C#N)ccn3)cc1)nn2C1CCCNC1. The molecule has 0 aliphatic carbocycles. The van der Waals surface area contributed by atoms with Gasteiger partial charge in [0.1, 0.15) is 23.7 Å². The summed E-state index contributed by atoms with van der Waals surface area (Å²) >= 11 is 0. The molecule has 1 aliphatic rings. The lowest BCUT2D eigenvalue weighted by molar-refractivity contribution is 0.102. The van der Waals surface area contributed by atoms with Gasteiger partial charge in [-0.3, -0.25) is 4.79 Å². The van der Waals surface area contributed by atoms with Crippen molar-refractivity contribution in [1.82, 2.24) is 30.0 Å². The van der Waals surface area contributed by atoms with Gasteiger partial charge in [0.05, 0.1) is 23.1 Å². The van der Waals surface area contributed by atoms with E-state index in [1.807, 2.05) is 29.9 Å². The van der Waals surface area contributed by atoms with Gasteiger partial charge in [0.25, 0.3) is 5.91 Å². The topological polar surface area (TPSA) is 133 Å². The molecule has 10 heteroatoms. The molecule has 0 spiro atoms. The van der Waals surface area contributed by atoms with Crippen molar-refractivity contribution < 1.29 is 4.79 Å². The lowest BCUT2D eigenvalue weighted by atomic mass is 10.1. The van der Waals surface area contributed by atoms with Crippen LogP contribution in [0.4, 0.5) is 11.6 Å². The van der Waals surface area contributed by atoms with E-state index in [-0.39, 0.29) is 11.9 Å². The summed E-state index contributed by atoms with van der Waals surface area (Å²) < 4.78 is 1.99. The first kappa shape index (κ1) is 21.5. The Morgan fingerprint density at radius 1 is 1.21 bits per heavy atom. The van der Waals surface area contributed by atoms with E-state index in [0.717, 1.165) is 48.2 Å². The second-order valence-electron chi connectivity index (χ2n) is 8.04. The van der Waals surface area contributed by atoms with Crippen molar-refractivity contribution in [2.75, 3.05) is 30.8 Å². The number of carbonyl (C=O) groups excluding carboxylic acids is 1. The molecule has 0 bridgehead atoms. The van der Waals surface area contributed by atoms with Gasteiger partial charge in [0.15, 0.2) is 5.65 Å². The minimum atomic E-state index is -0.308. The largest absolute Gasteiger partial charge is 0.372 e. The van der Waals surface area contributed by atoms with E-state index in [9.17, 15) is 4.79 Å². The van der Waals surface area contributed by atoms with Crippen LogP contribution in [0.2, 0.25) is 0 Å². The van der Waals surface area contributed by atoms with Crippen LogP contribution in [0, 0.1) is 11.3 Å². The van der Waals surface area contributed by atoms with Gasteiger partial charge >= 0.3 is 0 Å². The highest BCUT2D eigenvalue weighted by molar-refractivity contribution is 6.04. The number of rotatable bonds is 5. The fraction of sp³-hybridized carbons (Fsp3) is 0.250. The second-order valence-corrected chi connectivity index (χ2v) is 8.04. The van der Waals surface area contributed by atoms with E-state index in [4.69, 9.17) is 10.4 Å². The number of nitriles is 1. The summed E-state index contributed by atoms with van der Waals surface area (Å²) in [5.74, 6) is 0.729. The van der Waals surface area contributed by atoms with Gasteiger partial charge < -0.3 is 16.0 Å². The zero-order chi connectivity index (χ0) is 23.5. The van der Waals surface area contributed by atoms with Crippen LogP contribution in [0.3, 0.4) is 0 Å². The van der Waals surface area contributed by atoms with Crippen LogP contribution in [-0.2, 0) is 0 Å². The number of anilines is 2. The van der Waals surface area contributed by atoms with E-state index in [2.05, 4.69) is 30.9 Å². The Balaban J connectivity index is 1.48. The number of carbonyl (C=O) groups is 1. The molecule has 3 aromatic heterocycles. The van der Waals surface area contributed by atoms with E-state index in [1.165, 1.54) is 12.3 Å². The van der Waals surface area contributed by atoms with Gasteiger partial charge in [0.2, 0.25) is 0 Å². The molecule has 1 unspecified atom stereocenters. The van der Waals surface area contributed by atoms with Crippen LogP contribution >= 0.6 is 0 Å². The van der Waals surface area contributed by atoms with E-state index in [0.29, 0.717) is 22.8 Å². The number of hydrogen-bond donors (Lipinski definition) is 3. The number of aromatic nitrogens is 5. The first-order valence-corrected chi connectivity index (χ1v) is 11.1. The first-order chi connectivity index (χ1) is 16.7. The highest BCUT2D eigenvalue weighted by Crippen LogP contribution is 2.34. The number of fused-ring (bicyclic) bond motifs is 1. The standard InChI is InChI=1S/C24H23N9O/c1-26-22-20-21(32-33(23(20)30-14-29-22)18-3-2-9-27-13-18)16-4-6-17(7-5-16)24(34)31-19-11-15(12-25)8-10-28-19/h4-8,10-11,14,18,27H,2-3,9,13H2,1H3,(H,26,29,30)(H,28,31,34). The molecular weight excluding hydrogens is 430 g/mol. The second kappa shape index (κ2) is 9.25. The number of pyridine rings is 1. The summed E-state index contributed by atoms with van der Waals surface area (Å²) in [6, 6.07) is 12.6. The predicted molar refractivity (Wildman–Crippen MR) is 128 cm³/mol. The molecule has 4 heterocycles. The van der Waals surface area contributed by atoms with Gasteiger partial charge in [-0.2, -0.15) is 10.4 Å². The quantitative estimate of drug-likeness (QED) is 0.420. The molecule has 1 amide bonds. The molecule has 0 radical (unpaired) electrons. The average Bonchev–Trinajstić information content (AvgIpc) is 3.29. The maximum Gasteiger partial charge on any atom is 0.256 e. The Labute approximate surface area is 196 Å². The van der Waals surface area contributed by atoms with Crippen molar-refractivity contribution in [3.05, 3.63) is 60.0 Å². The third kappa shape index (κ3) is 4.04. The molecule has 5 rings (SSSR count). The monoisotopic (exact) mass is 453 g/mol. The Kier molecular flexibility index (Phi) is 5.84. The molecule has 1 atom stereocenters. The Morgan fingerprint density at radius 2 is 2.06 bits per heavy atom. The summed E-state index contributed by atoms with van der Waals surface area (Å²) in [4.78, 5) is 25.7. The van der Waals surface area contributed by atoms with Crippen molar-refractivity contribution in [1.29, 1.82) is 5.26 Å². The number of hydrogen-bond acceptors (Lipinski definition) is 8. The zero-order valence-corrected chi connectivity index (χ0v) is 18.6. The minimum absolute atomic E-state index is 0.214. The lowest BCUT2D eigenvalue weighted by Crippen LogP contribution is -2.32. The van der Waals surface area contributed by atoms with E-state index < -0.39 is 0 Å². The number of nitrogens with one attached hydrogen (secondary N) is 3. The highest BCUT2D eigenvalue weighted by Gasteiger charge is 2.24. The van der Waals surface area contributed by atoms with Gasteiger partial charge in [-0.25, -0.2) is 19.6 Å². The summed E-state index contributed by atoms with van der Waals surface area (Å²) in [5, 5.41) is 24.1. The predicted octanol–water partition coefficient (Wildman–Crippen LogP) is 2.98. The van der Waals surface area contributed by atoms with E-state index >= 15 is 0 Å². The third-order valence-electron chi connectivity index (χ3n) is 5.89. The van der Waals surface area contributed by atoms with Crippen molar-refractivity contribution >= 4 is 28.6 Å². The molecule has 4 aromatic rings. The summed E-state index contributed by atoms with van der Waals surface area (Å²) in [7, 11) is 1.83. The molecule has 170 valence electrons. The fourth-order valence-corrected chi connectivity index (χ4v) is 4.20. The molecule has 1 aromatic carbocycles. The Bertz CT molecular complexity index is 1380. The summed E-state index contributed by atoms with van der Waals surface area (Å²) in [5.41, 5.74) is 3.31. The molecular formula is C24H23N9O. The lowest BCUT2D eigenvalue weighted by Gasteiger charge is -2.23. The molecule has 1 aliphatic heterocycles. The van der Waals surface area contributed by atoms with Crippen LogP contribution in [0.25, 0.3) is 22.3 Å². The molecule has 1 saturated heterocycles. The number of benzene rings is 1. The van der Waals surface area contributed by atoms with Crippen molar-refractivity contribution in [2.24, 2.45) is 0 Å². The van der Waals surface area contributed by atoms with Crippen LogP contribution in [0.5, 0.6) is 0 Å². The van der Waals surface area contributed by atoms with Crippen LogP contribution in [0.1, 0.15) is 34.8 Å². The minimum Gasteiger partial charge on any atom is -0.372 e. The van der Waals surface area contributed by atoms with Gasteiger partial charge in [0, 0.05) is 30.9 Å². The van der Waals surface area contributed by atoms with Gasteiger partial charge in [-0.05, 0) is 43.7 Å². The van der Waals surface area contributed by atoms with Crippen molar-refractivity contribution in [3.63, 3.8) is 0 Å². The van der Waals surface area contributed by atoms with Gasteiger partial charge in [-0.1, -0.05) is 12.1 Å². The normalized spacial score (nSPS) is 15.6. The first-order valence-electron chi connectivity index (χ1n) is 11.1. The number of amides is 1. The Morgan fingerprint density at radius 3 is 2.79 bits per heavy atom. The number of nitrogens with zero attached hydrogens (tertiary/aromatic N) is 6. The smallest absolute Gasteiger partial charge is 0.256 e. The van der Waals surface area contributed by atoms with E-state index in [1.54, 1.807) is 24.5 Å². The molecule has 10 nitrogen and oxygen atoms in total.